The number of hydrogen-bond acceptors (Lipinski definition) is 2. The van der Waals surface area contributed by atoms with Crippen molar-refractivity contribution in [3.63, 3.8) is 0 Å². The van der Waals surface area contributed by atoms with Crippen LogP contribution in [0.15, 0.2) is 0 Å². The Hall–Kier alpha value is -0.570. The van der Waals surface area contributed by atoms with E-state index in [1.165, 1.54) is 25.7 Å². The van der Waals surface area contributed by atoms with E-state index in [0.717, 1.165) is 25.9 Å². The average Bonchev–Trinajstić information content (AvgIpc) is 2.95. The first kappa shape index (κ1) is 10.6. The normalized spacial score (nSPS) is 38.6. The molecular weight excluding hydrogens is 200 g/mol. The largest absolute Gasteiger partial charge is 0.342 e. The Kier molecular flexibility index (Phi) is 2.66. The summed E-state index contributed by atoms with van der Waals surface area (Å²) >= 11 is 0. The molecule has 1 aliphatic heterocycles. The van der Waals surface area contributed by atoms with Gasteiger partial charge < -0.3 is 10.6 Å². The van der Waals surface area contributed by atoms with Crippen molar-refractivity contribution in [2.75, 3.05) is 13.1 Å². The van der Waals surface area contributed by atoms with E-state index in [-0.39, 0.29) is 0 Å². The zero-order chi connectivity index (χ0) is 11.1. The third-order valence-electron chi connectivity index (χ3n) is 4.67. The van der Waals surface area contributed by atoms with Gasteiger partial charge in [0.05, 0.1) is 0 Å². The number of fused-ring (bicyclic) bond motifs is 1. The summed E-state index contributed by atoms with van der Waals surface area (Å²) < 4.78 is 0. The Balaban J connectivity index is 1.59. The van der Waals surface area contributed by atoms with Crippen LogP contribution in [0.5, 0.6) is 0 Å². The van der Waals surface area contributed by atoms with Crippen molar-refractivity contribution in [3.05, 3.63) is 0 Å². The van der Waals surface area contributed by atoms with Crippen molar-refractivity contribution >= 4 is 5.91 Å². The maximum Gasteiger partial charge on any atom is 0.222 e. The van der Waals surface area contributed by atoms with Crippen LogP contribution in [0.25, 0.3) is 0 Å². The smallest absolute Gasteiger partial charge is 0.222 e. The Labute approximate surface area is 97.4 Å². The van der Waals surface area contributed by atoms with Gasteiger partial charge in [0.2, 0.25) is 5.91 Å². The molecule has 3 heteroatoms. The number of hydrogen-bond donors (Lipinski definition) is 1. The van der Waals surface area contributed by atoms with Gasteiger partial charge in [-0.15, -0.1) is 0 Å². The fraction of sp³-hybridized carbons (Fsp3) is 0.923. The molecule has 1 heterocycles. The Bertz CT molecular complexity index is 288. The zero-order valence-electron chi connectivity index (χ0n) is 9.90. The minimum Gasteiger partial charge on any atom is -0.342 e. The summed E-state index contributed by atoms with van der Waals surface area (Å²) in [5, 5.41) is 0. The molecule has 16 heavy (non-hydrogen) atoms. The molecule has 2 N–H and O–H groups in total. The maximum atomic E-state index is 12.0. The summed E-state index contributed by atoms with van der Waals surface area (Å²) in [5.74, 6) is 2.40. The second kappa shape index (κ2) is 4.02. The van der Waals surface area contributed by atoms with Gasteiger partial charge >= 0.3 is 0 Å². The highest BCUT2D eigenvalue weighted by Gasteiger charge is 2.41. The fourth-order valence-electron chi connectivity index (χ4n) is 3.42. The molecule has 0 aromatic carbocycles. The van der Waals surface area contributed by atoms with Crippen LogP contribution in [-0.4, -0.2) is 29.9 Å². The molecule has 3 nitrogen and oxygen atoms in total. The highest BCUT2D eigenvalue weighted by molar-refractivity contribution is 5.77. The summed E-state index contributed by atoms with van der Waals surface area (Å²) in [6.45, 7) is 1.93. The lowest BCUT2D eigenvalue weighted by atomic mass is 9.78. The molecule has 1 amide bonds. The molecular formula is C13H22N2O. The van der Waals surface area contributed by atoms with Crippen molar-refractivity contribution in [3.8, 4) is 0 Å². The lowest BCUT2D eigenvalue weighted by molar-refractivity contribution is -0.130. The number of rotatable bonds is 2. The number of nitrogens with two attached hydrogens (primary N) is 1. The van der Waals surface area contributed by atoms with Crippen LogP contribution in [0.1, 0.15) is 38.5 Å². The van der Waals surface area contributed by atoms with Gasteiger partial charge in [0, 0.05) is 25.6 Å². The molecule has 0 radical (unpaired) electrons. The molecule has 2 saturated carbocycles. The van der Waals surface area contributed by atoms with E-state index in [4.69, 9.17) is 5.73 Å². The Morgan fingerprint density at radius 2 is 2.00 bits per heavy atom. The highest BCUT2D eigenvalue weighted by Crippen LogP contribution is 2.38. The van der Waals surface area contributed by atoms with Crippen molar-refractivity contribution in [2.45, 2.75) is 44.6 Å². The molecule has 0 spiro atoms. The molecule has 3 aliphatic rings. The van der Waals surface area contributed by atoms with Gasteiger partial charge in [-0.2, -0.15) is 0 Å². The van der Waals surface area contributed by atoms with Crippen molar-refractivity contribution < 1.29 is 4.79 Å². The van der Waals surface area contributed by atoms with Crippen LogP contribution in [0.3, 0.4) is 0 Å². The summed E-state index contributed by atoms with van der Waals surface area (Å²) in [5.41, 5.74) is 6.16. The molecule has 3 atom stereocenters. The Morgan fingerprint density at radius 1 is 1.19 bits per heavy atom. The summed E-state index contributed by atoms with van der Waals surface area (Å²) in [6.07, 6.45) is 7.04. The first-order valence-electron chi connectivity index (χ1n) is 6.77. The monoisotopic (exact) mass is 222 g/mol. The maximum absolute atomic E-state index is 12.0. The molecule has 1 saturated heterocycles. The molecule has 2 aliphatic carbocycles. The zero-order valence-corrected chi connectivity index (χ0v) is 9.90. The van der Waals surface area contributed by atoms with Gasteiger partial charge in [-0.05, 0) is 43.4 Å². The molecule has 90 valence electrons. The highest BCUT2D eigenvalue weighted by atomic mass is 16.2. The van der Waals surface area contributed by atoms with E-state index in [1.807, 2.05) is 0 Å². The molecule has 3 rings (SSSR count). The van der Waals surface area contributed by atoms with E-state index in [9.17, 15) is 4.79 Å². The molecule has 0 aromatic rings. The minimum absolute atomic E-state index is 0.345. The van der Waals surface area contributed by atoms with Crippen molar-refractivity contribution in [1.29, 1.82) is 0 Å². The number of amides is 1. The number of likely N-dealkylation sites (tertiary alicyclic amines) is 1. The predicted molar refractivity (Wildman–Crippen MR) is 62.7 cm³/mol. The third kappa shape index (κ3) is 1.97. The lowest BCUT2D eigenvalue weighted by Gasteiger charge is -2.29. The van der Waals surface area contributed by atoms with Gasteiger partial charge in [0.25, 0.3) is 0 Å². The summed E-state index contributed by atoms with van der Waals surface area (Å²) in [7, 11) is 0. The van der Waals surface area contributed by atoms with E-state index >= 15 is 0 Å². The Morgan fingerprint density at radius 3 is 2.69 bits per heavy atom. The van der Waals surface area contributed by atoms with Gasteiger partial charge in [0.15, 0.2) is 0 Å². The van der Waals surface area contributed by atoms with Crippen LogP contribution in [0, 0.1) is 17.8 Å². The molecule has 0 bridgehead atoms. The van der Waals surface area contributed by atoms with Crippen LogP contribution < -0.4 is 5.73 Å². The van der Waals surface area contributed by atoms with Crippen LogP contribution in [0.2, 0.25) is 0 Å². The first-order chi connectivity index (χ1) is 7.74. The number of carbonyl (C=O) groups is 1. The SMILES string of the molecule is NC1CCCC2CN(C(=O)CC3CC3)CC12. The van der Waals surface area contributed by atoms with Gasteiger partial charge in [-0.3, -0.25) is 4.79 Å². The summed E-state index contributed by atoms with van der Waals surface area (Å²) in [6, 6.07) is 0.345. The second-order valence-electron chi connectivity index (χ2n) is 5.96. The fourth-order valence-corrected chi connectivity index (χ4v) is 3.42. The topological polar surface area (TPSA) is 46.3 Å². The van der Waals surface area contributed by atoms with Crippen LogP contribution in [-0.2, 0) is 4.79 Å². The number of nitrogens with zero attached hydrogens (tertiary/aromatic N) is 1. The quantitative estimate of drug-likeness (QED) is 0.767. The van der Waals surface area contributed by atoms with Crippen LogP contribution in [0.4, 0.5) is 0 Å². The van der Waals surface area contributed by atoms with E-state index in [1.54, 1.807) is 0 Å². The molecule has 0 aromatic heterocycles. The van der Waals surface area contributed by atoms with Gasteiger partial charge in [-0.1, -0.05) is 6.42 Å². The number of carbonyl (C=O) groups excluding carboxylic acids is 1. The standard InChI is InChI=1S/C13H22N2O/c14-12-3-1-2-10-7-15(8-11(10)12)13(16)6-9-4-5-9/h9-12H,1-8,14H2. The van der Waals surface area contributed by atoms with Gasteiger partial charge in [-0.25, -0.2) is 0 Å². The third-order valence-corrected chi connectivity index (χ3v) is 4.67. The van der Waals surface area contributed by atoms with Crippen LogP contribution >= 0.6 is 0 Å². The lowest BCUT2D eigenvalue weighted by Crippen LogP contribution is -2.38. The van der Waals surface area contributed by atoms with Crippen molar-refractivity contribution in [2.24, 2.45) is 23.5 Å². The van der Waals surface area contributed by atoms with E-state index in [2.05, 4.69) is 4.90 Å². The van der Waals surface area contributed by atoms with Gasteiger partial charge in [0.1, 0.15) is 0 Å². The molecule has 3 unspecified atom stereocenters. The second-order valence-corrected chi connectivity index (χ2v) is 5.96. The predicted octanol–water partition coefficient (Wildman–Crippen LogP) is 1.37. The van der Waals surface area contributed by atoms with E-state index < -0.39 is 0 Å². The average molecular weight is 222 g/mol. The van der Waals surface area contributed by atoms with E-state index in [0.29, 0.717) is 29.7 Å². The van der Waals surface area contributed by atoms with Crippen molar-refractivity contribution in [1.82, 2.24) is 4.90 Å². The minimum atomic E-state index is 0.345. The molecule has 3 fully saturated rings. The summed E-state index contributed by atoms with van der Waals surface area (Å²) in [4.78, 5) is 14.1. The first-order valence-corrected chi connectivity index (χ1v) is 6.77.